The minimum Gasteiger partial charge on any atom is -0.380 e. The van der Waals surface area contributed by atoms with E-state index in [9.17, 15) is 0 Å². The maximum Gasteiger partial charge on any atom is 0.0724 e. The molecule has 0 saturated carbocycles. The first-order valence-electron chi connectivity index (χ1n) is 7.11. The van der Waals surface area contributed by atoms with Crippen molar-refractivity contribution >= 4 is 11.3 Å². The van der Waals surface area contributed by atoms with Crippen LogP contribution in [-0.2, 0) is 4.74 Å². The van der Waals surface area contributed by atoms with Crippen molar-refractivity contribution in [1.82, 2.24) is 4.90 Å². The molecule has 0 aromatic carbocycles. The number of rotatable bonds is 4. The molecule has 1 fully saturated rings. The number of nitrogens with zero attached hydrogens (tertiary/aromatic N) is 1. The van der Waals surface area contributed by atoms with Gasteiger partial charge in [0.05, 0.1) is 12.1 Å². The van der Waals surface area contributed by atoms with Gasteiger partial charge in [-0.1, -0.05) is 6.92 Å². The molecule has 0 spiro atoms. The normalized spacial score (nSPS) is 28.3. The summed E-state index contributed by atoms with van der Waals surface area (Å²) in [6.45, 7) is 8.68. The Hall–Kier alpha value is -0.420. The van der Waals surface area contributed by atoms with Crippen LogP contribution in [0.4, 0.5) is 0 Å². The van der Waals surface area contributed by atoms with Crippen LogP contribution in [0.1, 0.15) is 36.8 Å². The summed E-state index contributed by atoms with van der Waals surface area (Å²) in [7, 11) is 1.82. The number of likely N-dealkylation sites (tertiary alicyclic amines) is 1. The quantitative estimate of drug-likeness (QED) is 0.923. The van der Waals surface area contributed by atoms with E-state index in [1.54, 1.807) is 0 Å². The largest absolute Gasteiger partial charge is 0.380 e. The van der Waals surface area contributed by atoms with Gasteiger partial charge in [0.2, 0.25) is 0 Å². The average molecular weight is 282 g/mol. The zero-order valence-corrected chi connectivity index (χ0v) is 13.2. The Balaban J connectivity index is 2.19. The summed E-state index contributed by atoms with van der Waals surface area (Å²) in [5.41, 5.74) is 7.63. The number of ether oxygens (including phenoxy) is 1. The molecule has 0 amide bonds. The molecule has 3 nitrogen and oxygen atoms in total. The third kappa shape index (κ3) is 3.19. The highest BCUT2D eigenvalue weighted by atomic mass is 32.1. The lowest BCUT2D eigenvalue weighted by Gasteiger charge is -2.42. The number of aryl methyl sites for hydroxylation is 1. The minimum atomic E-state index is 0.142. The summed E-state index contributed by atoms with van der Waals surface area (Å²) in [6.07, 6.45) is 1.52. The van der Waals surface area contributed by atoms with Crippen molar-refractivity contribution in [3.8, 4) is 0 Å². The second-order valence-corrected chi connectivity index (χ2v) is 6.75. The van der Waals surface area contributed by atoms with Crippen molar-refractivity contribution in [1.29, 1.82) is 0 Å². The number of methoxy groups -OCH3 is 1. The fourth-order valence-electron chi connectivity index (χ4n) is 3.04. The molecule has 1 aliphatic heterocycles. The number of nitrogens with two attached hydrogens (primary N) is 1. The standard InChI is InChI=1S/C15H26N2OS/c1-10-5-7-17(9-13(10)18-4)14(12(3)16)15-11(2)6-8-19-15/h6,8,10,12-14H,5,7,9,16H2,1-4H3. The van der Waals surface area contributed by atoms with Gasteiger partial charge in [-0.05, 0) is 49.7 Å². The fourth-order valence-corrected chi connectivity index (χ4v) is 4.22. The van der Waals surface area contributed by atoms with E-state index in [0.29, 0.717) is 18.1 Å². The maximum absolute atomic E-state index is 6.27. The van der Waals surface area contributed by atoms with Crippen LogP contribution in [0.3, 0.4) is 0 Å². The molecule has 2 rings (SSSR count). The van der Waals surface area contributed by atoms with Crippen molar-refractivity contribution in [2.24, 2.45) is 11.7 Å². The molecule has 0 aliphatic carbocycles. The second kappa shape index (κ2) is 6.35. The van der Waals surface area contributed by atoms with E-state index in [4.69, 9.17) is 10.5 Å². The van der Waals surface area contributed by atoms with Gasteiger partial charge in [0.1, 0.15) is 0 Å². The molecule has 4 atom stereocenters. The van der Waals surface area contributed by atoms with E-state index in [-0.39, 0.29) is 6.04 Å². The van der Waals surface area contributed by atoms with Crippen LogP contribution in [0.25, 0.3) is 0 Å². The van der Waals surface area contributed by atoms with Crippen molar-refractivity contribution in [2.45, 2.75) is 45.4 Å². The van der Waals surface area contributed by atoms with Gasteiger partial charge in [0, 0.05) is 24.6 Å². The van der Waals surface area contributed by atoms with Gasteiger partial charge >= 0.3 is 0 Å². The molecule has 1 saturated heterocycles. The minimum absolute atomic E-state index is 0.142. The first kappa shape index (κ1) is 15.0. The van der Waals surface area contributed by atoms with Crippen molar-refractivity contribution in [3.05, 3.63) is 21.9 Å². The molecule has 108 valence electrons. The monoisotopic (exact) mass is 282 g/mol. The van der Waals surface area contributed by atoms with Crippen molar-refractivity contribution in [3.63, 3.8) is 0 Å². The average Bonchev–Trinajstić information content (AvgIpc) is 2.78. The Morgan fingerprint density at radius 1 is 1.53 bits per heavy atom. The van der Waals surface area contributed by atoms with E-state index in [1.807, 2.05) is 18.4 Å². The Morgan fingerprint density at radius 2 is 2.26 bits per heavy atom. The molecule has 1 aliphatic rings. The lowest BCUT2D eigenvalue weighted by Crippen LogP contribution is -2.49. The molecule has 2 heterocycles. The summed E-state index contributed by atoms with van der Waals surface area (Å²) >= 11 is 1.83. The summed E-state index contributed by atoms with van der Waals surface area (Å²) in [5.74, 6) is 0.638. The summed E-state index contributed by atoms with van der Waals surface area (Å²) < 4.78 is 5.63. The van der Waals surface area contributed by atoms with E-state index in [1.165, 1.54) is 16.9 Å². The molecule has 4 heteroatoms. The Bertz CT molecular complexity index is 405. The molecule has 1 aromatic heterocycles. The second-order valence-electron chi connectivity index (χ2n) is 5.81. The van der Waals surface area contributed by atoms with Crippen LogP contribution in [0, 0.1) is 12.8 Å². The van der Waals surface area contributed by atoms with Gasteiger partial charge in [-0.25, -0.2) is 0 Å². The highest BCUT2D eigenvalue weighted by molar-refractivity contribution is 7.10. The molecule has 2 N–H and O–H groups in total. The lowest BCUT2D eigenvalue weighted by atomic mass is 9.92. The van der Waals surface area contributed by atoms with Crippen LogP contribution in [0.15, 0.2) is 11.4 Å². The van der Waals surface area contributed by atoms with Crippen LogP contribution >= 0.6 is 11.3 Å². The van der Waals surface area contributed by atoms with Crippen LogP contribution in [0.2, 0.25) is 0 Å². The number of thiophene rings is 1. The maximum atomic E-state index is 6.27. The van der Waals surface area contributed by atoms with Gasteiger partial charge in [0.15, 0.2) is 0 Å². The van der Waals surface area contributed by atoms with Crippen molar-refractivity contribution in [2.75, 3.05) is 20.2 Å². The summed E-state index contributed by atoms with van der Waals surface area (Å²) in [6, 6.07) is 2.66. The molecular formula is C15H26N2OS. The highest BCUT2D eigenvalue weighted by Crippen LogP contribution is 2.34. The van der Waals surface area contributed by atoms with Gasteiger partial charge in [-0.15, -0.1) is 11.3 Å². The first-order valence-corrected chi connectivity index (χ1v) is 7.99. The molecule has 0 radical (unpaired) electrons. The highest BCUT2D eigenvalue weighted by Gasteiger charge is 2.33. The Labute approximate surface area is 120 Å². The van der Waals surface area contributed by atoms with Crippen LogP contribution < -0.4 is 5.73 Å². The van der Waals surface area contributed by atoms with Gasteiger partial charge in [-0.2, -0.15) is 0 Å². The van der Waals surface area contributed by atoms with E-state index in [0.717, 1.165) is 13.1 Å². The third-order valence-corrected chi connectivity index (χ3v) is 5.37. The first-order chi connectivity index (χ1) is 9.04. The molecule has 0 bridgehead atoms. The van der Waals surface area contributed by atoms with Crippen molar-refractivity contribution < 1.29 is 4.74 Å². The molecular weight excluding hydrogens is 256 g/mol. The number of hydrogen-bond acceptors (Lipinski definition) is 4. The molecule has 1 aromatic rings. The van der Waals surface area contributed by atoms with Gasteiger partial charge in [-0.3, -0.25) is 4.90 Å². The van der Waals surface area contributed by atoms with E-state index in [2.05, 4.69) is 37.1 Å². The van der Waals surface area contributed by atoms with Crippen LogP contribution in [0.5, 0.6) is 0 Å². The van der Waals surface area contributed by atoms with Gasteiger partial charge in [0.25, 0.3) is 0 Å². The summed E-state index contributed by atoms with van der Waals surface area (Å²) in [5, 5.41) is 2.17. The van der Waals surface area contributed by atoms with E-state index < -0.39 is 0 Å². The third-order valence-electron chi connectivity index (χ3n) is 4.29. The fraction of sp³-hybridized carbons (Fsp3) is 0.733. The Kier molecular flexibility index (Phi) is 5.01. The number of hydrogen-bond donors (Lipinski definition) is 1. The van der Waals surface area contributed by atoms with Crippen LogP contribution in [-0.4, -0.2) is 37.2 Å². The molecule has 19 heavy (non-hydrogen) atoms. The zero-order valence-electron chi connectivity index (χ0n) is 12.4. The number of piperidine rings is 1. The van der Waals surface area contributed by atoms with E-state index >= 15 is 0 Å². The zero-order chi connectivity index (χ0) is 14.0. The SMILES string of the molecule is COC1CN(C(c2sccc2C)C(C)N)CCC1C. The molecule has 4 unspecified atom stereocenters. The lowest BCUT2D eigenvalue weighted by molar-refractivity contribution is -0.0219. The smallest absolute Gasteiger partial charge is 0.0724 e. The predicted octanol–water partition coefficient (Wildman–Crippen LogP) is 2.80. The van der Waals surface area contributed by atoms with Gasteiger partial charge < -0.3 is 10.5 Å². The topological polar surface area (TPSA) is 38.5 Å². The summed E-state index contributed by atoms with van der Waals surface area (Å²) in [4.78, 5) is 3.93. The predicted molar refractivity (Wildman–Crippen MR) is 81.6 cm³/mol. The Morgan fingerprint density at radius 3 is 2.79 bits per heavy atom.